The molecule has 1 saturated carbocycles. The van der Waals surface area contributed by atoms with Gasteiger partial charge in [0.15, 0.2) is 0 Å². The molecule has 3 atom stereocenters. The van der Waals surface area contributed by atoms with E-state index in [1.165, 1.54) is 4.90 Å². The van der Waals surface area contributed by atoms with Gasteiger partial charge in [0.1, 0.15) is 5.54 Å². The largest absolute Gasteiger partial charge is 0.297 e. The fraction of sp³-hybridized carbons (Fsp3) is 0.769. The molecule has 3 unspecified atom stereocenters. The monoisotopic (exact) mass is 249 g/mol. The maximum absolute atomic E-state index is 11.8. The number of nitriles is 1. The number of hydrogen-bond acceptors (Lipinski definition) is 4. The van der Waals surface area contributed by atoms with Crippen LogP contribution in [0.4, 0.5) is 0 Å². The molecule has 18 heavy (non-hydrogen) atoms. The molecule has 1 aliphatic heterocycles. The van der Waals surface area contributed by atoms with E-state index in [-0.39, 0.29) is 29.7 Å². The fourth-order valence-electron chi connectivity index (χ4n) is 2.60. The van der Waals surface area contributed by atoms with Gasteiger partial charge >= 0.3 is 0 Å². The molecule has 1 heterocycles. The van der Waals surface area contributed by atoms with Gasteiger partial charge in [-0.15, -0.1) is 0 Å². The van der Waals surface area contributed by atoms with Crippen LogP contribution in [0, 0.1) is 23.2 Å². The highest BCUT2D eigenvalue weighted by molar-refractivity contribution is 6.08. The van der Waals surface area contributed by atoms with Crippen LogP contribution in [0.25, 0.3) is 0 Å². The maximum Gasteiger partial charge on any atom is 0.233 e. The summed E-state index contributed by atoms with van der Waals surface area (Å²) in [4.78, 5) is 24.9. The van der Waals surface area contributed by atoms with E-state index in [1.54, 1.807) is 6.92 Å². The molecule has 2 fully saturated rings. The first-order chi connectivity index (χ1) is 8.38. The molecule has 98 valence electrons. The Hall–Kier alpha value is -1.41. The van der Waals surface area contributed by atoms with Crippen molar-refractivity contribution in [1.82, 2.24) is 10.2 Å². The standard InChI is InChI=1S/C13H19N3O2/c1-8(2)15-13(3,7-14)4-5-16-11(17)9-6-10(9)12(16)18/h8-10,15H,4-6H2,1-3H3. The van der Waals surface area contributed by atoms with Crippen molar-refractivity contribution in [2.45, 2.75) is 45.2 Å². The number of nitrogens with one attached hydrogen (secondary N) is 1. The second kappa shape index (κ2) is 4.36. The molecule has 1 aliphatic carbocycles. The van der Waals surface area contributed by atoms with Gasteiger partial charge in [0.05, 0.1) is 17.9 Å². The van der Waals surface area contributed by atoms with E-state index in [2.05, 4.69) is 11.4 Å². The average molecular weight is 249 g/mol. The first-order valence-electron chi connectivity index (χ1n) is 6.42. The molecule has 5 heteroatoms. The molecule has 0 spiro atoms. The molecule has 2 rings (SSSR count). The van der Waals surface area contributed by atoms with Crippen molar-refractivity contribution in [2.24, 2.45) is 11.8 Å². The van der Waals surface area contributed by atoms with Gasteiger partial charge in [-0.3, -0.25) is 19.8 Å². The quantitative estimate of drug-likeness (QED) is 0.726. The summed E-state index contributed by atoms with van der Waals surface area (Å²) in [5.41, 5.74) is -0.693. The van der Waals surface area contributed by atoms with Crippen molar-refractivity contribution < 1.29 is 9.59 Å². The molecule has 2 aliphatic rings. The Morgan fingerprint density at radius 3 is 2.44 bits per heavy atom. The number of hydrogen-bond donors (Lipinski definition) is 1. The molecule has 0 aromatic rings. The van der Waals surface area contributed by atoms with Crippen LogP contribution in [-0.2, 0) is 9.59 Å². The summed E-state index contributed by atoms with van der Waals surface area (Å²) in [5, 5.41) is 12.4. The van der Waals surface area contributed by atoms with Gasteiger partial charge in [-0.1, -0.05) is 0 Å². The number of piperidine rings is 1. The molecule has 5 nitrogen and oxygen atoms in total. The van der Waals surface area contributed by atoms with Crippen LogP contribution in [0.15, 0.2) is 0 Å². The van der Waals surface area contributed by atoms with Gasteiger partial charge in [0, 0.05) is 12.6 Å². The Labute approximate surface area is 107 Å². The van der Waals surface area contributed by atoms with Crippen LogP contribution in [0.5, 0.6) is 0 Å². The Balaban J connectivity index is 1.93. The minimum absolute atomic E-state index is 0.0464. The van der Waals surface area contributed by atoms with Crippen molar-refractivity contribution in [2.75, 3.05) is 6.54 Å². The first kappa shape index (κ1) is 13.0. The van der Waals surface area contributed by atoms with E-state index >= 15 is 0 Å². The second-order valence-electron chi connectivity index (χ2n) is 5.77. The normalized spacial score (nSPS) is 29.2. The minimum Gasteiger partial charge on any atom is -0.297 e. The van der Waals surface area contributed by atoms with Crippen molar-refractivity contribution in [3.05, 3.63) is 0 Å². The lowest BCUT2D eigenvalue weighted by atomic mass is 9.98. The lowest BCUT2D eigenvalue weighted by Gasteiger charge is -2.28. The summed E-state index contributed by atoms with van der Waals surface area (Å²) in [6, 6.07) is 2.41. The van der Waals surface area contributed by atoms with Crippen LogP contribution >= 0.6 is 0 Å². The second-order valence-corrected chi connectivity index (χ2v) is 5.77. The lowest BCUT2D eigenvalue weighted by Crippen LogP contribution is -2.48. The fourth-order valence-corrected chi connectivity index (χ4v) is 2.60. The Morgan fingerprint density at radius 1 is 1.44 bits per heavy atom. The van der Waals surface area contributed by atoms with E-state index in [4.69, 9.17) is 0 Å². The summed E-state index contributed by atoms with van der Waals surface area (Å²) in [6.07, 6.45) is 1.20. The number of imide groups is 1. The van der Waals surface area contributed by atoms with Gasteiger partial charge < -0.3 is 0 Å². The highest BCUT2D eigenvalue weighted by Crippen LogP contribution is 2.47. The van der Waals surface area contributed by atoms with Gasteiger partial charge in [0.25, 0.3) is 0 Å². The molecule has 1 N–H and O–H groups in total. The molecule has 0 aromatic carbocycles. The van der Waals surface area contributed by atoms with Crippen LogP contribution < -0.4 is 5.32 Å². The first-order valence-corrected chi connectivity index (χ1v) is 6.42. The number of fused-ring (bicyclic) bond motifs is 1. The zero-order chi connectivity index (χ0) is 13.5. The van der Waals surface area contributed by atoms with E-state index in [0.717, 1.165) is 6.42 Å². The molecule has 0 aromatic heterocycles. The third kappa shape index (κ3) is 2.25. The average Bonchev–Trinajstić information content (AvgIpc) is 3.03. The predicted octanol–water partition coefficient (Wildman–Crippen LogP) is 0.662. The van der Waals surface area contributed by atoms with Crippen LogP contribution in [0.2, 0.25) is 0 Å². The predicted molar refractivity (Wildman–Crippen MR) is 65.2 cm³/mol. The number of nitrogens with zero attached hydrogens (tertiary/aromatic N) is 2. The molecular weight excluding hydrogens is 230 g/mol. The topological polar surface area (TPSA) is 73.2 Å². The number of amides is 2. The molecule has 0 radical (unpaired) electrons. The molecule has 2 amide bonds. The highest BCUT2D eigenvalue weighted by atomic mass is 16.2. The molecule has 0 bridgehead atoms. The number of likely N-dealkylation sites (tertiary alicyclic amines) is 1. The number of carbonyl (C=O) groups is 2. The van der Waals surface area contributed by atoms with Crippen molar-refractivity contribution in [3.8, 4) is 6.07 Å². The van der Waals surface area contributed by atoms with Crippen molar-refractivity contribution in [3.63, 3.8) is 0 Å². The third-order valence-corrected chi connectivity index (χ3v) is 3.65. The summed E-state index contributed by atoms with van der Waals surface area (Å²) in [6.45, 7) is 6.08. The SMILES string of the molecule is CC(C)NC(C)(C#N)CCN1C(=O)C2CC2C1=O. The zero-order valence-electron chi connectivity index (χ0n) is 11.1. The van der Waals surface area contributed by atoms with E-state index in [9.17, 15) is 14.9 Å². The molecular formula is C13H19N3O2. The van der Waals surface area contributed by atoms with E-state index in [0.29, 0.717) is 13.0 Å². The zero-order valence-corrected chi connectivity index (χ0v) is 11.1. The Bertz CT molecular complexity index is 406. The van der Waals surface area contributed by atoms with Gasteiger partial charge in [-0.2, -0.15) is 5.26 Å². The maximum atomic E-state index is 11.8. The third-order valence-electron chi connectivity index (χ3n) is 3.65. The number of carbonyl (C=O) groups excluding carboxylic acids is 2. The summed E-state index contributed by atoms with van der Waals surface area (Å²) < 4.78 is 0. The lowest BCUT2D eigenvalue weighted by molar-refractivity contribution is -0.141. The van der Waals surface area contributed by atoms with Crippen molar-refractivity contribution >= 4 is 11.8 Å². The minimum atomic E-state index is -0.693. The van der Waals surface area contributed by atoms with Crippen molar-refractivity contribution in [1.29, 1.82) is 5.26 Å². The van der Waals surface area contributed by atoms with Crippen LogP contribution in [0.1, 0.15) is 33.6 Å². The van der Waals surface area contributed by atoms with E-state index < -0.39 is 5.54 Å². The van der Waals surface area contributed by atoms with Gasteiger partial charge in [0.2, 0.25) is 11.8 Å². The Morgan fingerprint density at radius 2 is 2.00 bits per heavy atom. The van der Waals surface area contributed by atoms with Crippen LogP contribution in [0.3, 0.4) is 0 Å². The van der Waals surface area contributed by atoms with Crippen LogP contribution in [-0.4, -0.2) is 34.8 Å². The van der Waals surface area contributed by atoms with E-state index in [1.807, 2.05) is 13.8 Å². The Kier molecular flexibility index (Phi) is 3.16. The highest BCUT2D eigenvalue weighted by Gasteiger charge is 2.58. The number of rotatable bonds is 5. The van der Waals surface area contributed by atoms with Gasteiger partial charge in [-0.05, 0) is 33.6 Å². The summed E-state index contributed by atoms with van der Waals surface area (Å²) in [7, 11) is 0. The molecule has 1 saturated heterocycles. The smallest absolute Gasteiger partial charge is 0.233 e. The summed E-state index contributed by atoms with van der Waals surface area (Å²) in [5.74, 6) is -0.197. The van der Waals surface area contributed by atoms with Gasteiger partial charge in [-0.25, -0.2) is 0 Å². The summed E-state index contributed by atoms with van der Waals surface area (Å²) >= 11 is 0.